The Kier molecular flexibility index (Phi) is 1.54. The molecule has 2 aromatic rings. The molecule has 0 aliphatic rings. The van der Waals surface area contributed by atoms with Crippen molar-refractivity contribution in [2.75, 3.05) is 0 Å². The van der Waals surface area contributed by atoms with Crippen molar-refractivity contribution < 1.29 is 0 Å². The van der Waals surface area contributed by atoms with Crippen LogP contribution < -0.4 is 5.56 Å². The van der Waals surface area contributed by atoms with Gasteiger partial charge < -0.3 is 4.98 Å². The molecule has 2 aromatic heterocycles. The van der Waals surface area contributed by atoms with E-state index in [9.17, 15) is 4.79 Å². The lowest BCUT2D eigenvalue weighted by Crippen LogP contribution is -2.04. The molecule has 0 saturated heterocycles. The van der Waals surface area contributed by atoms with Gasteiger partial charge in [0.2, 0.25) is 0 Å². The van der Waals surface area contributed by atoms with Crippen LogP contribution in [-0.4, -0.2) is 14.8 Å². The van der Waals surface area contributed by atoms with Crippen LogP contribution in [0.25, 0.3) is 10.9 Å². The van der Waals surface area contributed by atoms with Crippen molar-refractivity contribution in [1.29, 1.82) is 0 Å². The zero-order chi connectivity index (χ0) is 8.72. The first-order valence-electron chi connectivity index (χ1n) is 3.39. The monoisotopic (exact) mass is 227 g/mol. The summed E-state index contributed by atoms with van der Waals surface area (Å²) in [6, 6.07) is 0. The molecular weight excluding hydrogens is 222 g/mol. The maximum atomic E-state index is 11.2. The fraction of sp³-hybridized carbons (Fsp3) is 0.143. The highest BCUT2D eigenvalue weighted by molar-refractivity contribution is 9.10. The highest BCUT2D eigenvalue weighted by atomic mass is 79.9. The maximum absolute atomic E-state index is 11.2. The molecule has 0 radical (unpaired) electrons. The Morgan fingerprint density at radius 3 is 3.08 bits per heavy atom. The lowest BCUT2D eigenvalue weighted by Gasteiger charge is -1.95. The summed E-state index contributed by atoms with van der Waals surface area (Å²) in [5.41, 5.74) is 0.708. The third-order valence-electron chi connectivity index (χ3n) is 1.74. The molecule has 5 heteroatoms. The van der Waals surface area contributed by atoms with E-state index in [-0.39, 0.29) is 5.56 Å². The van der Waals surface area contributed by atoms with Crippen LogP contribution in [-0.2, 0) is 7.05 Å². The van der Waals surface area contributed by atoms with Gasteiger partial charge in [0, 0.05) is 13.2 Å². The molecule has 1 N–H and O–H groups in total. The van der Waals surface area contributed by atoms with Crippen molar-refractivity contribution in [3.63, 3.8) is 0 Å². The average Bonchev–Trinajstić information content (AvgIpc) is 2.42. The lowest BCUT2D eigenvalue weighted by atomic mass is 10.3. The molecule has 2 rings (SSSR count). The molecule has 0 saturated carbocycles. The van der Waals surface area contributed by atoms with E-state index in [0.29, 0.717) is 5.39 Å². The van der Waals surface area contributed by atoms with Gasteiger partial charge in [0.1, 0.15) is 0 Å². The standard InChI is InChI=1S/C7H6BrN3O/c1-11-6-4(2-10-11)7(12)9-3-5(6)8/h2-3H,1H3,(H,9,12). The van der Waals surface area contributed by atoms with Gasteiger partial charge in [0.15, 0.2) is 0 Å². The zero-order valence-electron chi connectivity index (χ0n) is 6.34. The molecule has 0 atom stereocenters. The number of hydrogen-bond donors (Lipinski definition) is 1. The van der Waals surface area contributed by atoms with Crippen LogP contribution in [0.4, 0.5) is 0 Å². The summed E-state index contributed by atoms with van der Waals surface area (Å²) in [6.45, 7) is 0. The molecule has 0 aliphatic carbocycles. The summed E-state index contributed by atoms with van der Waals surface area (Å²) < 4.78 is 2.51. The molecule has 62 valence electrons. The number of halogens is 1. The van der Waals surface area contributed by atoms with E-state index >= 15 is 0 Å². The summed E-state index contributed by atoms with van der Waals surface area (Å²) >= 11 is 3.33. The second-order valence-electron chi connectivity index (χ2n) is 2.50. The van der Waals surface area contributed by atoms with Crippen LogP contribution in [0.15, 0.2) is 21.7 Å². The van der Waals surface area contributed by atoms with E-state index < -0.39 is 0 Å². The van der Waals surface area contributed by atoms with E-state index in [4.69, 9.17) is 0 Å². The van der Waals surface area contributed by atoms with E-state index in [0.717, 1.165) is 9.99 Å². The topological polar surface area (TPSA) is 50.7 Å². The molecular formula is C7H6BrN3O. The Morgan fingerprint density at radius 2 is 2.42 bits per heavy atom. The first kappa shape index (κ1) is 7.54. The third kappa shape index (κ3) is 0.896. The van der Waals surface area contributed by atoms with Gasteiger partial charge in [0.05, 0.1) is 21.6 Å². The molecule has 0 bridgehead atoms. The highest BCUT2D eigenvalue weighted by Crippen LogP contribution is 2.18. The van der Waals surface area contributed by atoms with Crippen molar-refractivity contribution >= 4 is 26.8 Å². The molecule has 0 amide bonds. The number of aromatic amines is 1. The number of hydrogen-bond acceptors (Lipinski definition) is 2. The number of nitrogens with zero attached hydrogens (tertiary/aromatic N) is 2. The molecule has 4 nitrogen and oxygen atoms in total. The quantitative estimate of drug-likeness (QED) is 0.731. The van der Waals surface area contributed by atoms with Crippen LogP contribution in [0.2, 0.25) is 0 Å². The Hall–Kier alpha value is -1.10. The summed E-state index contributed by atoms with van der Waals surface area (Å²) in [6.07, 6.45) is 3.17. The molecule has 0 aliphatic heterocycles. The van der Waals surface area contributed by atoms with Crippen LogP contribution in [0.1, 0.15) is 0 Å². The molecule has 0 aromatic carbocycles. The largest absolute Gasteiger partial charge is 0.327 e. The predicted molar refractivity (Wildman–Crippen MR) is 49.0 cm³/mol. The molecule has 0 unspecified atom stereocenters. The van der Waals surface area contributed by atoms with E-state index in [1.54, 1.807) is 24.1 Å². The number of H-pyrrole nitrogens is 1. The summed E-state index contributed by atoms with van der Waals surface area (Å²) in [5.74, 6) is 0. The second-order valence-corrected chi connectivity index (χ2v) is 3.35. The number of fused-ring (bicyclic) bond motifs is 1. The predicted octanol–water partition coefficient (Wildman–Crippen LogP) is 1.02. The van der Waals surface area contributed by atoms with Crippen molar-refractivity contribution in [1.82, 2.24) is 14.8 Å². The first-order chi connectivity index (χ1) is 5.70. The maximum Gasteiger partial charge on any atom is 0.259 e. The van der Waals surface area contributed by atoms with Crippen molar-refractivity contribution in [3.8, 4) is 0 Å². The lowest BCUT2D eigenvalue weighted by molar-refractivity contribution is 0.795. The van der Waals surface area contributed by atoms with Gasteiger partial charge in [-0.2, -0.15) is 5.10 Å². The van der Waals surface area contributed by atoms with Gasteiger partial charge in [0.25, 0.3) is 5.56 Å². The first-order valence-corrected chi connectivity index (χ1v) is 4.18. The Balaban J connectivity index is 3.09. The van der Waals surface area contributed by atoms with Gasteiger partial charge in [-0.25, -0.2) is 0 Å². The number of pyridine rings is 1. The number of aromatic nitrogens is 3. The third-order valence-corrected chi connectivity index (χ3v) is 2.34. The van der Waals surface area contributed by atoms with Gasteiger partial charge >= 0.3 is 0 Å². The average molecular weight is 228 g/mol. The number of nitrogens with one attached hydrogen (secondary N) is 1. The normalized spacial score (nSPS) is 10.8. The van der Waals surface area contributed by atoms with E-state index in [2.05, 4.69) is 26.0 Å². The van der Waals surface area contributed by atoms with Crippen LogP contribution >= 0.6 is 15.9 Å². The molecule has 0 spiro atoms. The smallest absolute Gasteiger partial charge is 0.259 e. The van der Waals surface area contributed by atoms with E-state index in [1.165, 1.54) is 0 Å². The number of rotatable bonds is 0. The zero-order valence-corrected chi connectivity index (χ0v) is 7.92. The Bertz CT molecular complexity index is 485. The van der Waals surface area contributed by atoms with Crippen molar-refractivity contribution in [3.05, 3.63) is 27.2 Å². The Labute approximate surface area is 76.3 Å². The van der Waals surface area contributed by atoms with Gasteiger partial charge in [-0.3, -0.25) is 9.48 Å². The minimum Gasteiger partial charge on any atom is -0.327 e. The fourth-order valence-corrected chi connectivity index (χ4v) is 1.75. The summed E-state index contributed by atoms with van der Waals surface area (Å²) in [5, 5.41) is 4.59. The van der Waals surface area contributed by atoms with Crippen molar-refractivity contribution in [2.24, 2.45) is 7.05 Å². The minimum absolute atomic E-state index is 0.110. The fourth-order valence-electron chi connectivity index (χ4n) is 1.16. The van der Waals surface area contributed by atoms with Gasteiger partial charge in [-0.1, -0.05) is 0 Å². The minimum atomic E-state index is -0.110. The van der Waals surface area contributed by atoms with Crippen LogP contribution in [0, 0.1) is 0 Å². The second kappa shape index (κ2) is 2.45. The summed E-state index contributed by atoms with van der Waals surface area (Å²) in [7, 11) is 1.80. The van der Waals surface area contributed by atoms with Crippen molar-refractivity contribution in [2.45, 2.75) is 0 Å². The molecule has 0 fully saturated rings. The molecule has 2 heterocycles. The van der Waals surface area contributed by atoms with Crippen LogP contribution in [0.5, 0.6) is 0 Å². The highest BCUT2D eigenvalue weighted by Gasteiger charge is 2.06. The van der Waals surface area contributed by atoms with E-state index in [1.807, 2.05) is 0 Å². The van der Waals surface area contributed by atoms with Crippen LogP contribution in [0.3, 0.4) is 0 Å². The summed E-state index contributed by atoms with van der Waals surface area (Å²) in [4.78, 5) is 13.8. The van der Waals surface area contributed by atoms with Gasteiger partial charge in [-0.05, 0) is 15.9 Å². The Morgan fingerprint density at radius 1 is 1.67 bits per heavy atom. The SMILES string of the molecule is Cn1ncc2c(=O)[nH]cc(Br)c21. The molecule has 12 heavy (non-hydrogen) atoms. The van der Waals surface area contributed by atoms with Gasteiger partial charge in [-0.15, -0.1) is 0 Å². The number of aryl methyl sites for hydroxylation is 1.